The molecule has 1 aromatic rings. The fraction of sp³-hybridized carbons (Fsp3) is 0.462. The molecule has 18 heavy (non-hydrogen) atoms. The van der Waals surface area contributed by atoms with Crippen molar-refractivity contribution >= 4 is 17.7 Å². The number of hydrogen-bond acceptors (Lipinski definition) is 3. The first-order chi connectivity index (χ1) is 8.68. The molecule has 1 aromatic carbocycles. The Morgan fingerprint density at radius 3 is 2.72 bits per heavy atom. The minimum Gasteiger partial charge on any atom is -0.478 e. The van der Waals surface area contributed by atoms with Crippen molar-refractivity contribution in [2.75, 3.05) is 24.6 Å². The van der Waals surface area contributed by atoms with Gasteiger partial charge in [-0.2, -0.15) is 11.8 Å². The lowest BCUT2D eigenvalue weighted by molar-refractivity contribution is -0.137. The first kappa shape index (κ1) is 13.2. The first-order valence-corrected chi connectivity index (χ1v) is 7.11. The number of halogens is 1. The average Bonchev–Trinajstić information content (AvgIpc) is 2.41. The molecule has 0 N–H and O–H groups in total. The molecule has 1 unspecified atom stereocenters. The molecule has 98 valence electrons. The zero-order chi connectivity index (χ0) is 13.0. The molecular formula is C13H16FNO2S. The van der Waals surface area contributed by atoms with Gasteiger partial charge in [0.15, 0.2) is 17.7 Å². The third-order valence-corrected chi connectivity index (χ3v) is 3.75. The van der Waals surface area contributed by atoms with Gasteiger partial charge < -0.3 is 9.64 Å². The Balaban J connectivity index is 1.96. The van der Waals surface area contributed by atoms with Crippen LogP contribution >= 0.6 is 11.8 Å². The number of nitrogens with zero attached hydrogens (tertiary/aromatic N) is 1. The van der Waals surface area contributed by atoms with Crippen LogP contribution < -0.4 is 4.74 Å². The monoisotopic (exact) mass is 269 g/mol. The topological polar surface area (TPSA) is 29.5 Å². The number of carbonyl (C=O) groups is 1. The summed E-state index contributed by atoms with van der Waals surface area (Å²) in [7, 11) is 0. The second kappa shape index (κ2) is 6.09. The molecule has 0 radical (unpaired) electrons. The van der Waals surface area contributed by atoms with E-state index < -0.39 is 11.9 Å². The Kier molecular flexibility index (Phi) is 4.47. The van der Waals surface area contributed by atoms with E-state index in [-0.39, 0.29) is 11.7 Å². The predicted octanol–water partition coefficient (Wildman–Crippen LogP) is 2.17. The van der Waals surface area contributed by atoms with Gasteiger partial charge in [-0.3, -0.25) is 4.79 Å². The number of hydrogen-bond donors (Lipinski definition) is 0. The highest BCUT2D eigenvalue weighted by Crippen LogP contribution is 2.18. The van der Waals surface area contributed by atoms with E-state index in [1.165, 1.54) is 12.1 Å². The fourth-order valence-electron chi connectivity index (χ4n) is 1.82. The predicted molar refractivity (Wildman–Crippen MR) is 70.4 cm³/mol. The van der Waals surface area contributed by atoms with E-state index in [1.807, 2.05) is 11.8 Å². The molecule has 1 heterocycles. The van der Waals surface area contributed by atoms with Crippen LogP contribution in [0.15, 0.2) is 24.3 Å². The number of para-hydroxylation sites is 1. The van der Waals surface area contributed by atoms with E-state index in [0.29, 0.717) is 0 Å². The number of amides is 1. The van der Waals surface area contributed by atoms with Gasteiger partial charge in [-0.1, -0.05) is 12.1 Å². The molecule has 1 aliphatic rings. The normalized spacial score (nSPS) is 17.3. The Hall–Kier alpha value is -1.23. The van der Waals surface area contributed by atoms with E-state index >= 15 is 0 Å². The van der Waals surface area contributed by atoms with Crippen LogP contribution in [0.1, 0.15) is 6.92 Å². The number of rotatable bonds is 3. The van der Waals surface area contributed by atoms with Gasteiger partial charge in [0.1, 0.15) is 0 Å². The quantitative estimate of drug-likeness (QED) is 0.842. The van der Waals surface area contributed by atoms with Crippen LogP contribution in [0.5, 0.6) is 5.75 Å². The molecule has 0 aromatic heterocycles. The number of thioether (sulfide) groups is 1. The lowest BCUT2D eigenvalue weighted by Gasteiger charge is -2.29. The van der Waals surface area contributed by atoms with Gasteiger partial charge in [0.05, 0.1) is 0 Å². The Morgan fingerprint density at radius 2 is 2.06 bits per heavy atom. The van der Waals surface area contributed by atoms with Gasteiger partial charge in [0.2, 0.25) is 0 Å². The summed E-state index contributed by atoms with van der Waals surface area (Å²) in [5.41, 5.74) is 0. The smallest absolute Gasteiger partial charge is 0.263 e. The van der Waals surface area contributed by atoms with Gasteiger partial charge in [-0.05, 0) is 19.1 Å². The Morgan fingerprint density at radius 1 is 1.39 bits per heavy atom. The highest BCUT2D eigenvalue weighted by atomic mass is 32.2. The van der Waals surface area contributed by atoms with Crippen LogP contribution in [0.4, 0.5) is 4.39 Å². The molecule has 0 bridgehead atoms. The average molecular weight is 269 g/mol. The van der Waals surface area contributed by atoms with Crippen molar-refractivity contribution in [3.63, 3.8) is 0 Å². The zero-order valence-electron chi connectivity index (χ0n) is 10.3. The van der Waals surface area contributed by atoms with Crippen molar-refractivity contribution in [2.45, 2.75) is 13.0 Å². The van der Waals surface area contributed by atoms with Gasteiger partial charge in [0.25, 0.3) is 5.91 Å². The SMILES string of the molecule is CC(Oc1ccccc1F)C(=O)N1CCSCC1. The van der Waals surface area contributed by atoms with Crippen molar-refractivity contribution in [1.82, 2.24) is 4.90 Å². The summed E-state index contributed by atoms with van der Waals surface area (Å²) in [4.78, 5) is 13.9. The summed E-state index contributed by atoms with van der Waals surface area (Å²) in [6, 6.07) is 6.14. The molecule has 3 nitrogen and oxygen atoms in total. The van der Waals surface area contributed by atoms with Crippen LogP contribution in [0, 0.1) is 5.82 Å². The molecule has 0 saturated carbocycles. The van der Waals surface area contributed by atoms with Gasteiger partial charge in [-0.25, -0.2) is 4.39 Å². The van der Waals surface area contributed by atoms with E-state index in [9.17, 15) is 9.18 Å². The van der Waals surface area contributed by atoms with Crippen LogP contribution in [-0.2, 0) is 4.79 Å². The maximum absolute atomic E-state index is 13.4. The van der Waals surface area contributed by atoms with Crippen molar-refractivity contribution in [2.24, 2.45) is 0 Å². The molecule has 1 amide bonds. The molecule has 5 heteroatoms. The summed E-state index contributed by atoms with van der Waals surface area (Å²) in [5, 5.41) is 0. The standard InChI is InChI=1S/C13H16FNO2S/c1-10(13(16)15-6-8-18-9-7-15)17-12-5-3-2-4-11(12)14/h2-5,10H,6-9H2,1H3. The van der Waals surface area contributed by atoms with Crippen LogP contribution in [0.3, 0.4) is 0 Å². The third-order valence-electron chi connectivity index (χ3n) is 2.81. The second-order valence-electron chi connectivity index (χ2n) is 4.13. The van der Waals surface area contributed by atoms with E-state index in [4.69, 9.17) is 4.74 Å². The van der Waals surface area contributed by atoms with Crippen LogP contribution in [-0.4, -0.2) is 41.5 Å². The Bertz CT molecular complexity index is 421. The fourth-order valence-corrected chi connectivity index (χ4v) is 2.73. The van der Waals surface area contributed by atoms with Crippen LogP contribution in [0.2, 0.25) is 0 Å². The van der Waals surface area contributed by atoms with Crippen molar-refractivity contribution < 1.29 is 13.9 Å². The highest BCUT2D eigenvalue weighted by Gasteiger charge is 2.24. The molecule has 2 rings (SSSR count). The molecular weight excluding hydrogens is 253 g/mol. The van der Waals surface area contributed by atoms with Gasteiger partial charge >= 0.3 is 0 Å². The molecule has 1 fully saturated rings. The molecule has 1 saturated heterocycles. The number of benzene rings is 1. The number of ether oxygens (including phenoxy) is 1. The van der Waals surface area contributed by atoms with Crippen molar-refractivity contribution in [3.05, 3.63) is 30.1 Å². The summed E-state index contributed by atoms with van der Waals surface area (Å²) >= 11 is 1.84. The molecule has 0 aliphatic carbocycles. The zero-order valence-corrected chi connectivity index (χ0v) is 11.1. The maximum atomic E-state index is 13.4. The molecule has 1 atom stereocenters. The maximum Gasteiger partial charge on any atom is 0.263 e. The minimum atomic E-state index is -0.648. The third kappa shape index (κ3) is 3.16. The molecule has 0 spiro atoms. The van der Waals surface area contributed by atoms with E-state index in [1.54, 1.807) is 24.0 Å². The second-order valence-corrected chi connectivity index (χ2v) is 5.35. The summed E-state index contributed by atoms with van der Waals surface area (Å²) < 4.78 is 18.8. The Labute approximate surface area is 110 Å². The van der Waals surface area contributed by atoms with Crippen molar-refractivity contribution in [3.8, 4) is 5.75 Å². The minimum absolute atomic E-state index is 0.0708. The van der Waals surface area contributed by atoms with E-state index in [2.05, 4.69) is 0 Å². The van der Waals surface area contributed by atoms with Crippen LogP contribution in [0.25, 0.3) is 0 Å². The van der Waals surface area contributed by atoms with E-state index in [0.717, 1.165) is 24.6 Å². The largest absolute Gasteiger partial charge is 0.478 e. The summed E-state index contributed by atoms with van der Waals surface area (Å²) in [6.07, 6.45) is -0.648. The molecule has 1 aliphatic heterocycles. The highest BCUT2D eigenvalue weighted by molar-refractivity contribution is 7.99. The summed E-state index contributed by atoms with van der Waals surface area (Å²) in [5.74, 6) is 1.53. The summed E-state index contributed by atoms with van der Waals surface area (Å²) in [6.45, 7) is 3.15. The lowest BCUT2D eigenvalue weighted by Crippen LogP contribution is -2.44. The van der Waals surface area contributed by atoms with Crippen molar-refractivity contribution in [1.29, 1.82) is 0 Å². The van der Waals surface area contributed by atoms with Gasteiger partial charge in [-0.15, -0.1) is 0 Å². The first-order valence-electron chi connectivity index (χ1n) is 5.96. The van der Waals surface area contributed by atoms with Gasteiger partial charge in [0, 0.05) is 24.6 Å². The number of carbonyl (C=O) groups excluding carboxylic acids is 1. The lowest BCUT2D eigenvalue weighted by atomic mass is 10.3.